The van der Waals surface area contributed by atoms with E-state index in [9.17, 15) is 10.5 Å². The summed E-state index contributed by atoms with van der Waals surface area (Å²) in [4.78, 5) is 11.6. The van der Waals surface area contributed by atoms with Gasteiger partial charge in [0.2, 0.25) is 0 Å². The molecule has 0 bridgehead atoms. The van der Waals surface area contributed by atoms with Crippen LogP contribution < -0.4 is 4.90 Å². The fraction of sp³-hybridized carbons (Fsp3) is 0.120. The SMILES string of the molecule is N#CC(C#N)c1nc2ccccc2nc1N(Cc1ccccc1)Cc1ccccc1. The zero-order valence-corrected chi connectivity index (χ0v) is 16.3. The van der Waals surface area contributed by atoms with Gasteiger partial charge in [0, 0.05) is 13.1 Å². The summed E-state index contributed by atoms with van der Waals surface area (Å²) >= 11 is 0. The summed E-state index contributed by atoms with van der Waals surface area (Å²) in [7, 11) is 0. The van der Waals surface area contributed by atoms with Gasteiger partial charge in [0.1, 0.15) is 5.69 Å². The number of para-hydroxylation sites is 2. The van der Waals surface area contributed by atoms with Crippen LogP contribution in [0.1, 0.15) is 22.7 Å². The van der Waals surface area contributed by atoms with Crippen molar-refractivity contribution in [2.75, 3.05) is 4.90 Å². The molecule has 0 N–H and O–H groups in total. The second kappa shape index (κ2) is 8.86. The highest BCUT2D eigenvalue weighted by Crippen LogP contribution is 2.29. The van der Waals surface area contributed by atoms with Gasteiger partial charge in [-0.2, -0.15) is 10.5 Å². The van der Waals surface area contributed by atoms with Crippen LogP contribution in [0.15, 0.2) is 84.9 Å². The van der Waals surface area contributed by atoms with Gasteiger partial charge in [0.15, 0.2) is 11.7 Å². The Bertz CT molecular complexity index is 1170. The highest BCUT2D eigenvalue weighted by Gasteiger charge is 2.23. The molecule has 30 heavy (non-hydrogen) atoms. The molecule has 0 aliphatic heterocycles. The van der Waals surface area contributed by atoms with Crippen LogP contribution in [0.5, 0.6) is 0 Å². The van der Waals surface area contributed by atoms with Crippen molar-refractivity contribution >= 4 is 16.9 Å². The van der Waals surface area contributed by atoms with E-state index in [0.717, 1.165) is 16.6 Å². The predicted molar refractivity (Wildman–Crippen MR) is 116 cm³/mol. The first-order chi connectivity index (χ1) is 14.8. The topological polar surface area (TPSA) is 76.6 Å². The summed E-state index contributed by atoms with van der Waals surface area (Å²) in [5.74, 6) is -0.430. The van der Waals surface area contributed by atoms with Crippen LogP contribution in [-0.4, -0.2) is 9.97 Å². The van der Waals surface area contributed by atoms with Crippen LogP contribution in [0.2, 0.25) is 0 Å². The normalized spacial score (nSPS) is 10.5. The number of benzene rings is 3. The van der Waals surface area contributed by atoms with E-state index < -0.39 is 5.92 Å². The molecular weight excluding hydrogens is 370 g/mol. The maximum atomic E-state index is 9.58. The van der Waals surface area contributed by atoms with Gasteiger partial charge >= 0.3 is 0 Å². The zero-order valence-electron chi connectivity index (χ0n) is 16.3. The van der Waals surface area contributed by atoms with Crippen LogP contribution in [0.3, 0.4) is 0 Å². The Kier molecular flexibility index (Phi) is 5.64. The summed E-state index contributed by atoms with van der Waals surface area (Å²) < 4.78 is 0. The number of nitrogens with zero attached hydrogens (tertiary/aromatic N) is 5. The molecule has 0 unspecified atom stereocenters. The largest absolute Gasteiger partial charge is 0.346 e. The molecule has 0 fully saturated rings. The van der Waals surface area contributed by atoms with Crippen LogP contribution >= 0.6 is 0 Å². The first-order valence-electron chi connectivity index (χ1n) is 9.67. The molecule has 4 rings (SSSR count). The first kappa shape index (κ1) is 19.1. The van der Waals surface area contributed by atoms with E-state index in [1.54, 1.807) is 0 Å². The monoisotopic (exact) mass is 389 g/mol. The number of hydrogen-bond donors (Lipinski definition) is 0. The van der Waals surface area contributed by atoms with Gasteiger partial charge < -0.3 is 4.90 Å². The Balaban J connectivity index is 1.86. The molecule has 0 aliphatic rings. The summed E-state index contributed by atoms with van der Waals surface area (Å²) in [5.41, 5.74) is 4.02. The van der Waals surface area contributed by atoms with Crippen LogP contribution in [0.4, 0.5) is 5.82 Å². The van der Waals surface area contributed by atoms with Crippen LogP contribution in [0, 0.1) is 22.7 Å². The van der Waals surface area contributed by atoms with E-state index in [-0.39, 0.29) is 0 Å². The number of rotatable bonds is 6. The zero-order chi connectivity index (χ0) is 20.8. The van der Waals surface area contributed by atoms with Crippen molar-refractivity contribution in [1.82, 2.24) is 9.97 Å². The summed E-state index contributed by atoms with van der Waals surface area (Å²) in [6, 6.07) is 31.8. The second-order valence-corrected chi connectivity index (χ2v) is 6.94. The van der Waals surface area contributed by atoms with Crippen LogP contribution in [0.25, 0.3) is 11.0 Å². The minimum Gasteiger partial charge on any atom is -0.346 e. The van der Waals surface area contributed by atoms with Gasteiger partial charge in [-0.1, -0.05) is 72.8 Å². The van der Waals surface area contributed by atoms with Gasteiger partial charge in [-0.25, -0.2) is 9.97 Å². The minimum atomic E-state index is -0.994. The molecule has 0 aliphatic carbocycles. The molecular formula is C25H19N5. The molecule has 3 aromatic carbocycles. The lowest BCUT2D eigenvalue weighted by Gasteiger charge is -2.26. The average molecular weight is 389 g/mol. The van der Waals surface area contributed by atoms with Crippen molar-refractivity contribution in [2.24, 2.45) is 0 Å². The lowest BCUT2D eigenvalue weighted by atomic mass is 10.1. The predicted octanol–water partition coefficient (Wildman–Crippen LogP) is 4.97. The average Bonchev–Trinajstić information content (AvgIpc) is 2.80. The maximum Gasteiger partial charge on any atom is 0.178 e. The molecule has 5 nitrogen and oxygen atoms in total. The third-order valence-corrected chi connectivity index (χ3v) is 4.84. The minimum absolute atomic E-state index is 0.394. The van der Waals surface area contributed by atoms with Crippen molar-refractivity contribution in [3.8, 4) is 12.1 Å². The number of nitriles is 2. The first-order valence-corrected chi connectivity index (χ1v) is 9.67. The molecule has 0 radical (unpaired) electrons. The van der Waals surface area contributed by atoms with E-state index in [1.165, 1.54) is 0 Å². The molecule has 0 amide bonds. The van der Waals surface area contributed by atoms with E-state index in [2.05, 4.69) is 46.3 Å². The Morgan fingerprint density at radius 2 is 1.13 bits per heavy atom. The van der Waals surface area contributed by atoms with Crippen molar-refractivity contribution in [3.05, 3.63) is 102 Å². The highest BCUT2D eigenvalue weighted by atomic mass is 15.2. The fourth-order valence-corrected chi connectivity index (χ4v) is 3.40. The quantitative estimate of drug-likeness (QED) is 0.465. The standard InChI is InChI=1S/C25H19N5/c26-15-21(16-27)24-25(29-23-14-8-7-13-22(23)28-24)30(17-19-9-3-1-4-10-19)18-20-11-5-2-6-12-20/h1-14,21H,17-18H2. The lowest BCUT2D eigenvalue weighted by Crippen LogP contribution is -2.25. The molecule has 0 spiro atoms. The van der Waals surface area contributed by atoms with Gasteiger partial charge in [-0.05, 0) is 23.3 Å². The number of fused-ring (bicyclic) bond motifs is 1. The van der Waals surface area contributed by atoms with Crippen molar-refractivity contribution in [1.29, 1.82) is 10.5 Å². The Morgan fingerprint density at radius 3 is 1.63 bits per heavy atom. The Morgan fingerprint density at radius 1 is 0.667 bits per heavy atom. The van der Waals surface area contributed by atoms with Crippen molar-refractivity contribution in [3.63, 3.8) is 0 Å². The van der Waals surface area contributed by atoms with Crippen molar-refractivity contribution in [2.45, 2.75) is 19.0 Å². The Hall–Kier alpha value is -4.22. The molecule has 0 atom stereocenters. The fourth-order valence-electron chi connectivity index (χ4n) is 3.40. The van der Waals surface area contributed by atoms with E-state index in [4.69, 9.17) is 4.98 Å². The van der Waals surface area contributed by atoms with E-state index in [1.807, 2.05) is 60.7 Å². The van der Waals surface area contributed by atoms with Gasteiger partial charge in [0.05, 0.1) is 23.2 Å². The molecule has 5 heteroatoms. The molecule has 0 saturated carbocycles. The molecule has 1 heterocycles. The number of anilines is 1. The smallest absolute Gasteiger partial charge is 0.178 e. The Labute approximate surface area is 175 Å². The lowest BCUT2D eigenvalue weighted by molar-refractivity contribution is 0.770. The maximum absolute atomic E-state index is 9.58. The molecule has 144 valence electrons. The molecule has 4 aromatic rings. The van der Waals surface area contributed by atoms with Crippen LogP contribution in [-0.2, 0) is 13.1 Å². The summed E-state index contributed by atoms with van der Waals surface area (Å²) in [5, 5.41) is 19.2. The highest BCUT2D eigenvalue weighted by molar-refractivity contribution is 5.77. The van der Waals surface area contributed by atoms with Crippen molar-refractivity contribution < 1.29 is 0 Å². The number of aromatic nitrogens is 2. The van der Waals surface area contributed by atoms with E-state index in [0.29, 0.717) is 30.1 Å². The third-order valence-electron chi connectivity index (χ3n) is 4.84. The third kappa shape index (κ3) is 4.11. The van der Waals surface area contributed by atoms with Gasteiger partial charge in [-0.3, -0.25) is 0 Å². The second-order valence-electron chi connectivity index (χ2n) is 6.94. The van der Waals surface area contributed by atoms with Gasteiger partial charge in [0.25, 0.3) is 0 Å². The molecule has 0 saturated heterocycles. The summed E-state index contributed by atoms with van der Waals surface area (Å²) in [6.07, 6.45) is 0. The number of hydrogen-bond acceptors (Lipinski definition) is 5. The van der Waals surface area contributed by atoms with E-state index >= 15 is 0 Å². The molecule has 1 aromatic heterocycles. The van der Waals surface area contributed by atoms with Gasteiger partial charge in [-0.15, -0.1) is 0 Å². The summed E-state index contributed by atoms with van der Waals surface area (Å²) in [6.45, 7) is 1.17.